The first-order chi connectivity index (χ1) is 13.3. The van der Waals surface area contributed by atoms with Gasteiger partial charge in [-0.2, -0.15) is 5.26 Å². The summed E-state index contributed by atoms with van der Waals surface area (Å²) in [4.78, 5) is 21.4. The van der Waals surface area contributed by atoms with Gasteiger partial charge in [0.15, 0.2) is 0 Å². The number of amides is 1. The lowest BCUT2D eigenvalue weighted by Gasteiger charge is -2.22. The van der Waals surface area contributed by atoms with Crippen molar-refractivity contribution in [2.75, 3.05) is 6.54 Å². The van der Waals surface area contributed by atoms with Gasteiger partial charge in [0.25, 0.3) is 5.91 Å². The molecule has 0 aliphatic rings. The summed E-state index contributed by atoms with van der Waals surface area (Å²) in [5.41, 5.74) is 2.91. The van der Waals surface area contributed by atoms with Crippen LogP contribution in [-0.4, -0.2) is 22.4 Å². The average molecular weight is 411 g/mol. The van der Waals surface area contributed by atoms with Crippen molar-refractivity contribution in [3.63, 3.8) is 0 Å². The zero-order valence-electron chi connectivity index (χ0n) is 15.8. The number of hydrogen-bond acceptors (Lipinski definition) is 5. The van der Waals surface area contributed by atoms with E-state index >= 15 is 0 Å². The molecule has 142 valence electrons. The summed E-state index contributed by atoms with van der Waals surface area (Å²) in [7, 11) is 0. The Bertz CT molecular complexity index is 1050. The molecular formula is C21H19ClN4OS. The number of halogens is 1. The Morgan fingerprint density at radius 2 is 2.04 bits per heavy atom. The van der Waals surface area contributed by atoms with Crippen LogP contribution in [0.1, 0.15) is 40.5 Å². The molecule has 0 spiro atoms. The minimum atomic E-state index is -0.348. The van der Waals surface area contributed by atoms with Crippen LogP contribution in [0, 0.1) is 18.3 Å². The summed E-state index contributed by atoms with van der Waals surface area (Å²) in [5.74, 6) is -0.246. The molecule has 1 aromatic carbocycles. The van der Waals surface area contributed by atoms with E-state index < -0.39 is 0 Å². The smallest absolute Gasteiger partial charge is 0.253 e. The largest absolute Gasteiger partial charge is 0.351 e. The average Bonchev–Trinajstić information content (AvgIpc) is 3.18. The highest BCUT2D eigenvalue weighted by molar-refractivity contribution is 7.10. The number of carbonyl (C=O) groups is 1. The Morgan fingerprint density at radius 3 is 2.71 bits per heavy atom. The molecule has 0 saturated carbocycles. The second-order valence-corrected chi connectivity index (χ2v) is 8.37. The highest BCUT2D eigenvalue weighted by Crippen LogP contribution is 2.30. The fraction of sp³-hybridized carbons (Fsp3) is 0.238. The lowest BCUT2D eigenvalue weighted by atomic mass is 9.94. The first-order valence-electron chi connectivity index (χ1n) is 8.67. The van der Waals surface area contributed by atoms with Gasteiger partial charge in [-0.1, -0.05) is 37.6 Å². The van der Waals surface area contributed by atoms with E-state index in [0.29, 0.717) is 28.4 Å². The van der Waals surface area contributed by atoms with E-state index in [1.807, 2.05) is 49.6 Å². The monoisotopic (exact) mass is 410 g/mol. The molecule has 7 heteroatoms. The number of nitrogens with one attached hydrogen (secondary N) is 1. The van der Waals surface area contributed by atoms with Crippen LogP contribution in [-0.2, 0) is 5.41 Å². The molecule has 0 bridgehead atoms. The van der Waals surface area contributed by atoms with Gasteiger partial charge in [-0.3, -0.25) is 9.78 Å². The third-order valence-electron chi connectivity index (χ3n) is 4.37. The van der Waals surface area contributed by atoms with Crippen molar-refractivity contribution >= 4 is 28.8 Å². The molecule has 0 radical (unpaired) electrons. The molecule has 0 aliphatic heterocycles. The van der Waals surface area contributed by atoms with Crippen molar-refractivity contribution in [2.24, 2.45) is 0 Å². The number of hydrogen-bond donors (Lipinski definition) is 1. The summed E-state index contributed by atoms with van der Waals surface area (Å²) in [6.07, 6.45) is 1.46. The summed E-state index contributed by atoms with van der Waals surface area (Å²) in [5, 5.41) is 15.6. The number of rotatable bonds is 5. The van der Waals surface area contributed by atoms with E-state index in [4.69, 9.17) is 21.8 Å². The quantitative estimate of drug-likeness (QED) is 0.658. The topological polar surface area (TPSA) is 78.7 Å². The SMILES string of the molecule is Cc1ncc(C#N)cc1C(=O)NCC(C)(C)c1nc(-c2ccc(Cl)cc2)cs1. The fourth-order valence-corrected chi connectivity index (χ4v) is 3.71. The minimum absolute atomic E-state index is 0.246. The molecule has 0 unspecified atom stereocenters. The van der Waals surface area contributed by atoms with E-state index in [1.54, 1.807) is 24.3 Å². The number of pyridine rings is 1. The zero-order valence-corrected chi connectivity index (χ0v) is 17.4. The van der Waals surface area contributed by atoms with Gasteiger partial charge in [0.1, 0.15) is 11.1 Å². The molecule has 0 aliphatic carbocycles. The fourth-order valence-electron chi connectivity index (χ4n) is 2.63. The second-order valence-electron chi connectivity index (χ2n) is 7.08. The number of aromatic nitrogens is 2. The lowest BCUT2D eigenvalue weighted by molar-refractivity contribution is 0.0944. The van der Waals surface area contributed by atoms with Crippen LogP contribution in [0.15, 0.2) is 41.9 Å². The molecule has 0 atom stereocenters. The van der Waals surface area contributed by atoms with Gasteiger partial charge >= 0.3 is 0 Å². The molecule has 5 nitrogen and oxygen atoms in total. The second kappa shape index (κ2) is 8.09. The van der Waals surface area contributed by atoms with Crippen molar-refractivity contribution in [3.8, 4) is 17.3 Å². The van der Waals surface area contributed by atoms with Crippen LogP contribution in [0.5, 0.6) is 0 Å². The standard InChI is InChI=1S/C21H19ClN4OS/c1-13-17(8-14(9-23)10-24-13)19(27)25-12-21(2,3)20-26-18(11-28-20)15-4-6-16(22)7-5-15/h4-8,10-11H,12H2,1-3H3,(H,25,27). The van der Waals surface area contributed by atoms with Crippen LogP contribution in [0.4, 0.5) is 0 Å². The van der Waals surface area contributed by atoms with E-state index in [1.165, 1.54) is 6.20 Å². The van der Waals surface area contributed by atoms with Crippen molar-refractivity contribution in [1.82, 2.24) is 15.3 Å². The number of nitriles is 1. The van der Waals surface area contributed by atoms with Crippen LogP contribution in [0.3, 0.4) is 0 Å². The van der Waals surface area contributed by atoms with E-state index in [-0.39, 0.29) is 11.3 Å². The predicted octanol–water partition coefficient (Wildman–Crippen LogP) is 4.75. The van der Waals surface area contributed by atoms with E-state index in [0.717, 1.165) is 16.3 Å². The third-order valence-corrected chi connectivity index (χ3v) is 5.83. The molecule has 0 saturated heterocycles. The Balaban J connectivity index is 1.73. The van der Waals surface area contributed by atoms with Gasteiger partial charge in [-0.05, 0) is 25.1 Å². The lowest BCUT2D eigenvalue weighted by Crippen LogP contribution is -2.37. The first kappa shape index (κ1) is 20.0. The number of nitrogens with zero attached hydrogens (tertiary/aromatic N) is 3. The van der Waals surface area contributed by atoms with Crippen molar-refractivity contribution in [2.45, 2.75) is 26.2 Å². The number of aryl methyl sites for hydroxylation is 1. The van der Waals surface area contributed by atoms with Gasteiger partial charge in [0.05, 0.1) is 22.5 Å². The van der Waals surface area contributed by atoms with Gasteiger partial charge in [-0.25, -0.2) is 4.98 Å². The Morgan fingerprint density at radius 1 is 1.32 bits per heavy atom. The Kier molecular flexibility index (Phi) is 5.78. The number of thiazole rings is 1. The Hall–Kier alpha value is -2.75. The summed E-state index contributed by atoms with van der Waals surface area (Å²) in [6.45, 7) is 6.24. The van der Waals surface area contributed by atoms with E-state index in [9.17, 15) is 4.79 Å². The summed E-state index contributed by atoms with van der Waals surface area (Å²) < 4.78 is 0. The molecule has 2 aromatic heterocycles. The van der Waals surface area contributed by atoms with Gasteiger partial charge in [-0.15, -0.1) is 11.3 Å². The molecular weight excluding hydrogens is 392 g/mol. The molecule has 1 amide bonds. The molecule has 1 N–H and O–H groups in total. The maximum absolute atomic E-state index is 12.6. The molecule has 0 fully saturated rings. The molecule has 3 aromatic rings. The van der Waals surface area contributed by atoms with Crippen LogP contribution < -0.4 is 5.32 Å². The molecule has 2 heterocycles. The summed E-state index contributed by atoms with van der Waals surface area (Å²) >= 11 is 7.51. The normalized spacial score (nSPS) is 11.1. The maximum atomic E-state index is 12.6. The predicted molar refractivity (Wildman–Crippen MR) is 112 cm³/mol. The Labute approximate surface area is 173 Å². The zero-order chi connectivity index (χ0) is 20.3. The highest BCUT2D eigenvalue weighted by Gasteiger charge is 2.26. The van der Waals surface area contributed by atoms with Crippen molar-refractivity contribution in [1.29, 1.82) is 5.26 Å². The van der Waals surface area contributed by atoms with E-state index in [2.05, 4.69) is 10.3 Å². The van der Waals surface area contributed by atoms with Gasteiger partial charge in [0, 0.05) is 34.1 Å². The van der Waals surface area contributed by atoms with Crippen LogP contribution >= 0.6 is 22.9 Å². The number of carbonyl (C=O) groups excluding carboxylic acids is 1. The van der Waals surface area contributed by atoms with Gasteiger partial charge < -0.3 is 5.32 Å². The first-order valence-corrected chi connectivity index (χ1v) is 9.93. The molecule has 3 rings (SSSR count). The minimum Gasteiger partial charge on any atom is -0.351 e. The highest BCUT2D eigenvalue weighted by atomic mass is 35.5. The van der Waals surface area contributed by atoms with Crippen LogP contribution in [0.25, 0.3) is 11.3 Å². The van der Waals surface area contributed by atoms with Crippen molar-refractivity contribution < 1.29 is 4.79 Å². The van der Waals surface area contributed by atoms with Crippen molar-refractivity contribution in [3.05, 3.63) is 68.8 Å². The van der Waals surface area contributed by atoms with Gasteiger partial charge in [0.2, 0.25) is 0 Å². The molecule has 28 heavy (non-hydrogen) atoms. The number of benzene rings is 1. The third kappa shape index (κ3) is 4.38. The maximum Gasteiger partial charge on any atom is 0.253 e. The van der Waals surface area contributed by atoms with Crippen LogP contribution in [0.2, 0.25) is 5.02 Å². The summed E-state index contributed by atoms with van der Waals surface area (Å²) in [6, 6.07) is 11.1.